The fourth-order valence-corrected chi connectivity index (χ4v) is 3.19. The number of carbonyl (C=O) groups excluding carboxylic acids is 1. The summed E-state index contributed by atoms with van der Waals surface area (Å²) < 4.78 is 0. The van der Waals surface area contributed by atoms with Crippen molar-refractivity contribution in [1.29, 1.82) is 0 Å². The third kappa shape index (κ3) is 3.80. The van der Waals surface area contributed by atoms with Crippen LogP contribution >= 0.6 is 0 Å². The van der Waals surface area contributed by atoms with Crippen LogP contribution in [0, 0.1) is 19.8 Å². The Labute approximate surface area is 133 Å². The lowest BCUT2D eigenvalue weighted by Gasteiger charge is -2.35. The smallest absolute Gasteiger partial charge is 0.317 e. The first-order valence-corrected chi connectivity index (χ1v) is 8.19. The lowest BCUT2D eigenvalue weighted by Crippen LogP contribution is -2.48. The van der Waals surface area contributed by atoms with E-state index in [2.05, 4.69) is 31.3 Å². The minimum Gasteiger partial charge on any atom is -0.393 e. The zero-order valence-electron chi connectivity index (χ0n) is 14.1. The first kappa shape index (κ1) is 16.8. The number of carbonyl (C=O) groups is 1. The number of amides is 2. The third-order valence-electron chi connectivity index (χ3n) is 4.88. The SMILES string of the molecule is Cc1cccc(C(C)NC(=O)N2CCCC(C(C)O)C2)c1C. The molecule has 0 spiro atoms. The number of urea groups is 1. The molecule has 1 aromatic rings. The summed E-state index contributed by atoms with van der Waals surface area (Å²) in [5.41, 5.74) is 3.64. The van der Waals surface area contributed by atoms with Gasteiger partial charge in [-0.15, -0.1) is 0 Å². The topological polar surface area (TPSA) is 52.6 Å². The Balaban J connectivity index is 2.00. The molecule has 0 aliphatic carbocycles. The van der Waals surface area contributed by atoms with Crippen LogP contribution in [0.25, 0.3) is 0 Å². The highest BCUT2D eigenvalue weighted by Gasteiger charge is 2.27. The Kier molecular flexibility index (Phi) is 5.46. The lowest BCUT2D eigenvalue weighted by molar-refractivity contribution is 0.0734. The number of piperidine rings is 1. The molecule has 1 fully saturated rings. The number of rotatable bonds is 3. The molecule has 3 atom stereocenters. The van der Waals surface area contributed by atoms with Crippen LogP contribution in [0.2, 0.25) is 0 Å². The largest absolute Gasteiger partial charge is 0.393 e. The van der Waals surface area contributed by atoms with Crippen LogP contribution in [0.4, 0.5) is 4.79 Å². The van der Waals surface area contributed by atoms with E-state index in [4.69, 9.17) is 0 Å². The maximum atomic E-state index is 12.5. The molecule has 1 heterocycles. The van der Waals surface area contributed by atoms with Gasteiger partial charge in [0.1, 0.15) is 0 Å². The molecule has 4 heteroatoms. The molecule has 0 radical (unpaired) electrons. The van der Waals surface area contributed by atoms with E-state index in [-0.39, 0.29) is 24.1 Å². The molecule has 1 aliphatic heterocycles. The predicted molar refractivity (Wildman–Crippen MR) is 88.8 cm³/mol. The number of nitrogens with one attached hydrogen (secondary N) is 1. The van der Waals surface area contributed by atoms with E-state index in [1.165, 1.54) is 11.1 Å². The molecule has 2 rings (SSSR count). The van der Waals surface area contributed by atoms with E-state index in [0.717, 1.165) is 24.9 Å². The van der Waals surface area contributed by atoms with Crippen LogP contribution < -0.4 is 5.32 Å². The van der Waals surface area contributed by atoms with Gasteiger partial charge in [-0.05, 0) is 57.2 Å². The Bertz CT molecular complexity index is 528. The molecule has 1 saturated heterocycles. The van der Waals surface area contributed by atoms with Gasteiger partial charge in [0.05, 0.1) is 12.1 Å². The van der Waals surface area contributed by atoms with E-state index in [1.54, 1.807) is 0 Å². The molecule has 22 heavy (non-hydrogen) atoms. The minimum atomic E-state index is -0.355. The van der Waals surface area contributed by atoms with Crippen molar-refractivity contribution in [2.45, 2.75) is 52.7 Å². The number of hydrogen-bond donors (Lipinski definition) is 2. The molecule has 2 N–H and O–H groups in total. The number of likely N-dealkylation sites (tertiary alicyclic amines) is 1. The Morgan fingerprint density at radius 2 is 2.09 bits per heavy atom. The molecule has 2 amide bonds. The van der Waals surface area contributed by atoms with E-state index >= 15 is 0 Å². The number of benzene rings is 1. The van der Waals surface area contributed by atoms with Crippen LogP contribution in [0.15, 0.2) is 18.2 Å². The average molecular weight is 304 g/mol. The summed E-state index contributed by atoms with van der Waals surface area (Å²) in [6.45, 7) is 9.43. The second kappa shape index (κ2) is 7.14. The van der Waals surface area contributed by atoms with Crippen molar-refractivity contribution in [3.63, 3.8) is 0 Å². The predicted octanol–water partition coefficient (Wildman–Crippen LogP) is 3.17. The number of aliphatic hydroxyl groups excluding tert-OH is 1. The number of aliphatic hydroxyl groups is 1. The molecule has 1 aliphatic rings. The second-order valence-corrected chi connectivity index (χ2v) is 6.55. The molecule has 0 saturated carbocycles. The fourth-order valence-electron chi connectivity index (χ4n) is 3.19. The van der Waals surface area contributed by atoms with E-state index in [0.29, 0.717) is 6.54 Å². The maximum absolute atomic E-state index is 12.5. The van der Waals surface area contributed by atoms with Crippen LogP contribution in [-0.4, -0.2) is 35.2 Å². The normalized spacial score (nSPS) is 21.3. The van der Waals surface area contributed by atoms with Crippen molar-refractivity contribution < 1.29 is 9.90 Å². The summed E-state index contributed by atoms with van der Waals surface area (Å²) in [6, 6.07) is 6.15. The Hall–Kier alpha value is -1.55. The number of nitrogens with zero attached hydrogens (tertiary/aromatic N) is 1. The zero-order valence-corrected chi connectivity index (χ0v) is 14.1. The van der Waals surface area contributed by atoms with Crippen molar-refractivity contribution in [2.24, 2.45) is 5.92 Å². The highest BCUT2D eigenvalue weighted by molar-refractivity contribution is 5.75. The molecule has 0 aromatic heterocycles. The van der Waals surface area contributed by atoms with Crippen LogP contribution in [-0.2, 0) is 0 Å². The van der Waals surface area contributed by atoms with Crippen molar-refractivity contribution in [2.75, 3.05) is 13.1 Å². The minimum absolute atomic E-state index is 0.0145. The molecule has 122 valence electrons. The first-order chi connectivity index (χ1) is 10.4. The van der Waals surface area contributed by atoms with Gasteiger partial charge in [-0.25, -0.2) is 4.79 Å². The van der Waals surface area contributed by atoms with E-state index in [1.807, 2.05) is 24.8 Å². The van der Waals surface area contributed by atoms with Crippen molar-refractivity contribution in [3.05, 3.63) is 34.9 Å². The lowest BCUT2D eigenvalue weighted by atomic mass is 9.93. The average Bonchev–Trinajstić information content (AvgIpc) is 2.50. The standard InChI is InChI=1S/C18H28N2O2/c1-12-7-5-9-17(13(12)2)14(3)19-18(22)20-10-6-8-16(11-20)15(4)21/h5,7,9,14-16,21H,6,8,10-11H2,1-4H3,(H,19,22). The first-order valence-electron chi connectivity index (χ1n) is 8.19. The van der Waals surface area contributed by atoms with Gasteiger partial charge in [0.25, 0.3) is 0 Å². The van der Waals surface area contributed by atoms with Crippen molar-refractivity contribution in [1.82, 2.24) is 10.2 Å². The summed E-state index contributed by atoms with van der Waals surface area (Å²) in [7, 11) is 0. The second-order valence-electron chi connectivity index (χ2n) is 6.55. The van der Waals surface area contributed by atoms with Gasteiger partial charge in [-0.2, -0.15) is 0 Å². The molecular formula is C18H28N2O2. The van der Waals surface area contributed by atoms with Gasteiger partial charge in [-0.3, -0.25) is 0 Å². The summed E-state index contributed by atoms with van der Waals surface area (Å²) in [5, 5.41) is 12.8. The van der Waals surface area contributed by atoms with Gasteiger partial charge < -0.3 is 15.3 Å². The summed E-state index contributed by atoms with van der Waals surface area (Å²) >= 11 is 0. The number of aryl methyl sites for hydroxylation is 1. The van der Waals surface area contributed by atoms with Crippen LogP contribution in [0.3, 0.4) is 0 Å². The highest BCUT2D eigenvalue weighted by atomic mass is 16.3. The molecule has 0 bridgehead atoms. The maximum Gasteiger partial charge on any atom is 0.317 e. The van der Waals surface area contributed by atoms with Gasteiger partial charge in [0.15, 0.2) is 0 Å². The van der Waals surface area contributed by atoms with Gasteiger partial charge in [0.2, 0.25) is 0 Å². The fraction of sp³-hybridized carbons (Fsp3) is 0.611. The molecule has 3 unspecified atom stereocenters. The quantitative estimate of drug-likeness (QED) is 0.901. The number of hydrogen-bond acceptors (Lipinski definition) is 2. The Morgan fingerprint density at radius 3 is 2.77 bits per heavy atom. The highest BCUT2D eigenvalue weighted by Crippen LogP contribution is 2.22. The molecule has 1 aromatic carbocycles. The summed E-state index contributed by atoms with van der Waals surface area (Å²) in [4.78, 5) is 14.3. The third-order valence-corrected chi connectivity index (χ3v) is 4.88. The molecule has 4 nitrogen and oxygen atoms in total. The van der Waals surface area contributed by atoms with Gasteiger partial charge >= 0.3 is 6.03 Å². The van der Waals surface area contributed by atoms with E-state index < -0.39 is 0 Å². The monoisotopic (exact) mass is 304 g/mol. The van der Waals surface area contributed by atoms with Crippen molar-refractivity contribution >= 4 is 6.03 Å². The summed E-state index contributed by atoms with van der Waals surface area (Å²) in [5.74, 6) is 0.190. The zero-order chi connectivity index (χ0) is 16.3. The van der Waals surface area contributed by atoms with Gasteiger partial charge in [-0.1, -0.05) is 18.2 Å². The van der Waals surface area contributed by atoms with E-state index in [9.17, 15) is 9.90 Å². The van der Waals surface area contributed by atoms with Crippen LogP contribution in [0.5, 0.6) is 0 Å². The van der Waals surface area contributed by atoms with Crippen molar-refractivity contribution in [3.8, 4) is 0 Å². The van der Waals surface area contributed by atoms with Gasteiger partial charge in [0, 0.05) is 19.0 Å². The Morgan fingerprint density at radius 1 is 1.36 bits per heavy atom. The molecular weight excluding hydrogens is 276 g/mol. The summed E-state index contributed by atoms with van der Waals surface area (Å²) in [6.07, 6.45) is 1.60. The van der Waals surface area contributed by atoms with Crippen LogP contribution in [0.1, 0.15) is 49.4 Å².